The van der Waals surface area contributed by atoms with Crippen LogP contribution in [-0.2, 0) is 16.6 Å². The van der Waals surface area contributed by atoms with E-state index in [1.54, 1.807) is 0 Å². The van der Waals surface area contributed by atoms with Crippen LogP contribution < -0.4 is 10.2 Å². The van der Waals surface area contributed by atoms with Crippen molar-refractivity contribution in [3.8, 4) is 11.5 Å². The molecule has 38 heavy (non-hydrogen) atoms. The van der Waals surface area contributed by atoms with Crippen LogP contribution >= 0.6 is 23.2 Å². The van der Waals surface area contributed by atoms with Gasteiger partial charge in [-0.2, -0.15) is 13.2 Å². The van der Waals surface area contributed by atoms with E-state index in [-0.39, 0.29) is 45.2 Å². The Kier molecular flexibility index (Phi) is 8.42. The molecule has 0 bridgehead atoms. The fourth-order valence-corrected chi connectivity index (χ4v) is 5.29. The van der Waals surface area contributed by atoms with Gasteiger partial charge in [0.05, 0.1) is 17.4 Å². The number of alkyl halides is 3. The van der Waals surface area contributed by atoms with Gasteiger partial charge in [-0.25, -0.2) is 4.98 Å². The lowest BCUT2D eigenvalue weighted by Crippen LogP contribution is -2.44. The maximum atomic E-state index is 14.3. The van der Waals surface area contributed by atoms with Gasteiger partial charge in [0.15, 0.2) is 5.60 Å². The molecule has 2 N–H and O–H groups in total. The molecule has 1 unspecified atom stereocenters. The summed E-state index contributed by atoms with van der Waals surface area (Å²) in [7, 11) is 0. The van der Waals surface area contributed by atoms with Gasteiger partial charge in [-0.3, -0.25) is 4.79 Å². The van der Waals surface area contributed by atoms with Crippen LogP contribution in [0.1, 0.15) is 49.8 Å². The van der Waals surface area contributed by atoms with Crippen LogP contribution in [-0.4, -0.2) is 35.6 Å². The minimum Gasteiger partial charge on any atom is -0.445 e. The van der Waals surface area contributed by atoms with Crippen LogP contribution in [0.3, 0.4) is 0 Å². The number of amides is 1. The molecule has 11 heteroatoms. The van der Waals surface area contributed by atoms with Gasteiger partial charge in [-0.05, 0) is 56.1 Å². The molecule has 2 heterocycles. The average molecular weight is 570 g/mol. The van der Waals surface area contributed by atoms with Crippen molar-refractivity contribution >= 4 is 34.8 Å². The Morgan fingerprint density at radius 3 is 2.39 bits per heavy atom. The minimum atomic E-state index is -4.88. The number of halogens is 5. The average Bonchev–Trinajstić information content (AvgIpc) is 3.43. The molecule has 204 valence electrons. The molecule has 0 spiro atoms. The summed E-state index contributed by atoms with van der Waals surface area (Å²) in [5, 5.41) is 15.0. The maximum Gasteiger partial charge on any atom is 0.416 e. The van der Waals surface area contributed by atoms with Crippen molar-refractivity contribution in [1.29, 1.82) is 0 Å². The standard InChI is InChI=1S/C23H17Cl2F3N2O3.C4H11N/c24-14-4-5-15(17(25)10-14)22(32)19-16(23(26,27)28)8-13(20-29-6-7-33-20)9-18(19)30(21(22)31)11-12-2-1-3-12;1-3-5-4-2/h4-10,12,32H,1-3,11H2;5H,3-4H2,1-2H3. The molecule has 6 nitrogen and oxygen atoms in total. The number of aliphatic hydroxyl groups is 1. The fourth-order valence-electron chi connectivity index (χ4n) is 4.74. The van der Waals surface area contributed by atoms with E-state index < -0.39 is 28.8 Å². The van der Waals surface area contributed by atoms with Gasteiger partial charge in [0.2, 0.25) is 5.89 Å². The quantitative estimate of drug-likeness (QED) is 0.347. The van der Waals surface area contributed by atoms with Crippen molar-refractivity contribution in [2.45, 2.75) is 44.9 Å². The van der Waals surface area contributed by atoms with E-state index >= 15 is 0 Å². The molecule has 1 amide bonds. The molecule has 5 rings (SSSR count). The van der Waals surface area contributed by atoms with Crippen molar-refractivity contribution in [1.82, 2.24) is 10.3 Å². The second-order valence-corrected chi connectivity index (χ2v) is 10.1. The lowest BCUT2D eigenvalue weighted by atomic mass is 9.83. The summed E-state index contributed by atoms with van der Waals surface area (Å²) in [6.07, 6.45) is 0.368. The summed E-state index contributed by atoms with van der Waals surface area (Å²) in [5.41, 5.74) is -4.51. The Labute approximate surface area is 228 Å². The van der Waals surface area contributed by atoms with Crippen LogP contribution in [0.2, 0.25) is 10.0 Å². The number of nitrogens with one attached hydrogen (secondary N) is 1. The molecular weight excluding hydrogens is 542 g/mol. The monoisotopic (exact) mass is 569 g/mol. The zero-order valence-electron chi connectivity index (χ0n) is 20.9. The first-order chi connectivity index (χ1) is 18.0. The predicted octanol–water partition coefficient (Wildman–Crippen LogP) is 6.67. The van der Waals surface area contributed by atoms with E-state index in [4.69, 9.17) is 27.6 Å². The van der Waals surface area contributed by atoms with Crippen molar-refractivity contribution in [3.63, 3.8) is 0 Å². The number of hydrogen-bond acceptors (Lipinski definition) is 5. The van der Waals surface area contributed by atoms with E-state index in [0.717, 1.165) is 38.4 Å². The van der Waals surface area contributed by atoms with Crippen LogP contribution in [0.15, 0.2) is 47.2 Å². The molecule has 0 radical (unpaired) electrons. The zero-order chi connectivity index (χ0) is 27.7. The molecule has 1 aromatic heterocycles. The third-order valence-electron chi connectivity index (χ3n) is 6.80. The highest BCUT2D eigenvalue weighted by atomic mass is 35.5. The number of anilines is 1. The number of nitrogens with zero attached hydrogens (tertiary/aromatic N) is 2. The molecule has 1 aliphatic carbocycles. The van der Waals surface area contributed by atoms with Gasteiger partial charge in [0, 0.05) is 33.3 Å². The summed E-state index contributed by atoms with van der Waals surface area (Å²) < 4.78 is 48.2. The second-order valence-electron chi connectivity index (χ2n) is 9.26. The van der Waals surface area contributed by atoms with Crippen molar-refractivity contribution in [2.75, 3.05) is 24.5 Å². The third-order valence-corrected chi connectivity index (χ3v) is 7.34. The predicted molar refractivity (Wildman–Crippen MR) is 140 cm³/mol. The molecule has 3 aromatic rings. The summed E-state index contributed by atoms with van der Waals surface area (Å²) in [4.78, 5) is 18.8. The van der Waals surface area contributed by atoms with Crippen LogP contribution in [0.4, 0.5) is 18.9 Å². The van der Waals surface area contributed by atoms with Gasteiger partial charge in [-0.15, -0.1) is 0 Å². The van der Waals surface area contributed by atoms with Crippen molar-refractivity contribution in [3.05, 3.63) is 69.5 Å². The molecule has 1 atom stereocenters. The summed E-state index contributed by atoms with van der Waals surface area (Å²) in [5.74, 6) is -0.785. The van der Waals surface area contributed by atoms with Crippen molar-refractivity contribution in [2.24, 2.45) is 5.92 Å². The van der Waals surface area contributed by atoms with E-state index in [2.05, 4.69) is 24.1 Å². The first-order valence-electron chi connectivity index (χ1n) is 12.4. The molecule has 2 aliphatic rings. The number of fused-ring (bicyclic) bond motifs is 1. The number of carbonyl (C=O) groups excluding carboxylic acids is 1. The number of carbonyl (C=O) groups is 1. The first kappa shape index (κ1) is 28.4. The molecular formula is C27H28Cl2F3N3O3. The molecule has 0 saturated heterocycles. The number of rotatable bonds is 6. The molecule has 1 saturated carbocycles. The number of aromatic nitrogens is 1. The van der Waals surface area contributed by atoms with E-state index in [9.17, 15) is 23.1 Å². The van der Waals surface area contributed by atoms with Gasteiger partial charge in [0.1, 0.15) is 6.26 Å². The van der Waals surface area contributed by atoms with Gasteiger partial charge in [-0.1, -0.05) is 49.5 Å². The van der Waals surface area contributed by atoms with E-state index in [0.29, 0.717) is 0 Å². The maximum absolute atomic E-state index is 14.3. The van der Waals surface area contributed by atoms with Crippen LogP contribution in [0.5, 0.6) is 0 Å². The Morgan fingerprint density at radius 1 is 1.18 bits per heavy atom. The van der Waals surface area contributed by atoms with Crippen LogP contribution in [0, 0.1) is 5.92 Å². The Hall–Kier alpha value is -2.59. The van der Waals surface area contributed by atoms with E-state index in [1.807, 2.05) is 0 Å². The number of benzene rings is 2. The topological polar surface area (TPSA) is 78.6 Å². The van der Waals surface area contributed by atoms with E-state index in [1.165, 1.54) is 41.6 Å². The fraction of sp³-hybridized carbons (Fsp3) is 0.407. The highest BCUT2D eigenvalue weighted by Gasteiger charge is 2.57. The Morgan fingerprint density at radius 2 is 1.89 bits per heavy atom. The third kappa shape index (κ3) is 5.30. The van der Waals surface area contributed by atoms with Gasteiger partial charge >= 0.3 is 6.18 Å². The summed E-state index contributed by atoms with van der Waals surface area (Å²) in [6, 6.07) is 6.17. The molecule has 2 aromatic carbocycles. The Balaban J connectivity index is 0.000000617. The zero-order valence-corrected chi connectivity index (χ0v) is 22.4. The van der Waals surface area contributed by atoms with Gasteiger partial charge < -0.3 is 19.7 Å². The summed E-state index contributed by atoms with van der Waals surface area (Å²) >= 11 is 12.2. The SMILES string of the molecule is CCNCC.O=C1N(CC2CCC2)c2cc(-c3ncco3)cc(C(F)(F)F)c2C1(O)c1ccc(Cl)cc1Cl. The minimum absolute atomic E-state index is 0.0284. The highest BCUT2D eigenvalue weighted by molar-refractivity contribution is 6.35. The van der Waals surface area contributed by atoms with Gasteiger partial charge in [0.25, 0.3) is 5.91 Å². The molecule has 1 fully saturated rings. The largest absolute Gasteiger partial charge is 0.445 e. The second kappa shape index (κ2) is 11.3. The lowest BCUT2D eigenvalue weighted by Gasteiger charge is -2.31. The van der Waals surface area contributed by atoms with Crippen LogP contribution in [0.25, 0.3) is 11.5 Å². The smallest absolute Gasteiger partial charge is 0.416 e. The lowest BCUT2D eigenvalue weighted by molar-refractivity contribution is -0.142. The Bertz CT molecular complexity index is 1290. The molecule has 1 aliphatic heterocycles. The van der Waals surface area contributed by atoms with Crippen molar-refractivity contribution < 1.29 is 27.5 Å². The first-order valence-corrected chi connectivity index (χ1v) is 13.1. The number of hydrogen-bond donors (Lipinski definition) is 2. The summed E-state index contributed by atoms with van der Waals surface area (Å²) in [6.45, 7) is 6.58. The number of oxazole rings is 1. The highest BCUT2D eigenvalue weighted by Crippen LogP contribution is 2.53. The normalized spacial score (nSPS) is 19.2.